The lowest BCUT2D eigenvalue weighted by atomic mass is 10.1. The maximum absolute atomic E-state index is 11.7. The average Bonchev–Trinajstić information content (AvgIpc) is 2.66. The highest BCUT2D eigenvalue weighted by Gasteiger charge is 2.11. The fourth-order valence-electron chi connectivity index (χ4n) is 2.17. The van der Waals surface area contributed by atoms with Gasteiger partial charge in [0.1, 0.15) is 5.75 Å². The predicted octanol–water partition coefficient (Wildman–Crippen LogP) is 3.84. The fraction of sp³-hybridized carbons (Fsp3) is 0.300. The maximum atomic E-state index is 11.7. The van der Waals surface area contributed by atoms with Crippen molar-refractivity contribution in [3.8, 4) is 16.9 Å². The molecule has 0 heterocycles. The van der Waals surface area contributed by atoms with Crippen molar-refractivity contribution < 1.29 is 19.1 Å². The highest BCUT2D eigenvalue weighted by Crippen LogP contribution is 2.30. The lowest BCUT2D eigenvalue weighted by molar-refractivity contribution is -0.150. The first-order valence-electron chi connectivity index (χ1n) is 8.42. The monoisotopic (exact) mass is 375 g/mol. The minimum Gasteiger partial charge on any atom is -0.480 e. The predicted molar refractivity (Wildman–Crippen MR) is 101 cm³/mol. The number of esters is 1. The van der Waals surface area contributed by atoms with Crippen LogP contribution in [0.4, 0.5) is 0 Å². The minimum atomic E-state index is -0.632. The van der Waals surface area contributed by atoms with E-state index in [0.29, 0.717) is 10.8 Å². The summed E-state index contributed by atoms with van der Waals surface area (Å²) in [6, 6.07) is 15.2. The van der Waals surface area contributed by atoms with E-state index in [1.807, 2.05) is 50.2 Å². The number of carbonyl (C=O) groups is 2. The van der Waals surface area contributed by atoms with E-state index in [1.165, 1.54) is 0 Å². The second kappa shape index (κ2) is 9.82. The van der Waals surface area contributed by atoms with Crippen molar-refractivity contribution in [1.29, 1.82) is 0 Å². The third kappa shape index (κ3) is 6.08. The summed E-state index contributed by atoms with van der Waals surface area (Å²) in [7, 11) is 0. The molecule has 26 heavy (non-hydrogen) atoms. The molecule has 138 valence electrons. The Morgan fingerprint density at radius 3 is 2.46 bits per heavy atom. The Bertz CT molecular complexity index is 749. The van der Waals surface area contributed by atoms with E-state index >= 15 is 0 Å². The lowest BCUT2D eigenvalue weighted by Crippen LogP contribution is -2.35. The molecule has 0 bridgehead atoms. The van der Waals surface area contributed by atoms with Crippen LogP contribution in [-0.2, 0) is 14.3 Å². The van der Waals surface area contributed by atoms with Crippen LogP contribution in [0, 0.1) is 0 Å². The second-order valence-corrected chi connectivity index (χ2v) is 6.24. The minimum absolute atomic E-state index is 0.0411. The number of hydrogen-bond donors (Lipinski definition) is 1. The third-order valence-corrected chi connectivity index (χ3v) is 4.06. The zero-order valence-electron chi connectivity index (χ0n) is 14.8. The van der Waals surface area contributed by atoms with Gasteiger partial charge in [-0.3, -0.25) is 4.79 Å². The van der Waals surface area contributed by atoms with Crippen LogP contribution in [0.2, 0.25) is 5.02 Å². The van der Waals surface area contributed by atoms with E-state index in [2.05, 4.69) is 5.32 Å². The Labute approximate surface area is 158 Å². The van der Waals surface area contributed by atoms with Gasteiger partial charge in [-0.1, -0.05) is 54.9 Å². The van der Waals surface area contributed by atoms with Crippen molar-refractivity contribution in [2.75, 3.05) is 13.2 Å². The first-order valence-corrected chi connectivity index (χ1v) is 8.80. The molecule has 5 nitrogen and oxygen atoms in total. The third-order valence-electron chi connectivity index (χ3n) is 3.77. The van der Waals surface area contributed by atoms with Gasteiger partial charge in [-0.2, -0.15) is 0 Å². The van der Waals surface area contributed by atoms with Crippen molar-refractivity contribution in [1.82, 2.24) is 5.32 Å². The summed E-state index contributed by atoms with van der Waals surface area (Å²) in [5.41, 5.74) is 1.99. The number of rotatable bonds is 8. The molecule has 0 saturated heterocycles. The Hall–Kier alpha value is -2.53. The summed E-state index contributed by atoms with van der Waals surface area (Å²) in [6.07, 6.45) is 0.806. The molecule has 0 aliphatic rings. The molecule has 0 aromatic heterocycles. The lowest BCUT2D eigenvalue weighted by Gasteiger charge is -2.12. The quantitative estimate of drug-likeness (QED) is 0.712. The molecule has 0 spiro atoms. The number of amides is 1. The summed E-state index contributed by atoms with van der Waals surface area (Å²) in [4.78, 5) is 23.3. The molecule has 2 aromatic carbocycles. The number of benzene rings is 2. The van der Waals surface area contributed by atoms with Crippen LogP contribution in [0.5, 0.6) is 5.75 Å². The molecule has 0 saturated carbocycles. The summed E-state index contributed by atoms with van der Waals surface area (Å²) in [6.45, 7) is 3.19. The van der Waals surface area contributed by atoms with Crippen LogP contribution in [0.1, 0.15) is 20.3 Å². The van der Waals surface area contributed by atoms with Gasteiger partial charge in [0.25, 0.3) is 5.91 Å². The zero-order chi connectivity index (χ0) is 18.9. The van der Waals surface area contributed by atoms with Gasteiger partial charge in [-0.15, -0.1) is 0 Å². The number of ether oxygens (including phenoxy) is 2. The standard InChI is InChI=1S/C20H22ClNO4/c1-3-14(2)22-19(23)12-26-20(24)13-25-18-10-9-16(11-17(18)21)15-7-5-4-6-8-15/h4-11,14H,3,12-13H2,1-2H3,(H,22,23)/t14-/m1/s1. The summed E-state index contributed by atoms with van der Waals surface area (Å²) in [5, 5.41) is 3.11. The SMILES string of the molecule is CC[C@@H](C)NC(=O)COC(=O)COc1ccc(-c2ccccc2)cc1Cl. The van der Waals surface area contributed by atoms with Gasteiger partial charge in [0.15, 0.2) is 13.2 Å². The highest BCUT2D eigenvalue weighted by atomic mass is 35.5. The van der Waals surface area contributed by atoms with Gasteiger partial charge in [0, 0.05) is 6.04 Å². The van der Waals surface area contributed by atoms with Crippen LogP contribution in [0.25, 0.3) is 11.1 Å². The van der Waals surface area contributed by atoms with Gasteiger partial charge in [0.05, 0.1) is 5.02 Å². The molecule has 0 unspecified atom stereocenters. The highest BCUT2D eigenvalue weighted by molar-refractivity contribution is 6.32. The largest absolute Gasteiger partial charge is 0.480 e. The smallest absolute Gasteiger partial charge is 0.344 e. The molecule has 0 radical (unpaired) electrons. The molecule has 1 atom stereocenters. The van der Waals surface area contributed by atoms with Crippen molar-refractivity contribution in [2.45, 2.75) is 26.3 Å². The van der Waals surface area contributed by atoms with Crippen LogP contribution >= 0.6 is 11.6 Å². The number of halogens is 1. The summed E-state index contributed by atoms with van der Waals surface area (Å²) in [5.74, 6) is -0.585. The molecule has 0 aliphatic carbocycles. The van der Waals surface area contributed by atoms with E-state index in [0.717, 1.165) is 17.5 Å². The Balaban J connectivity index is 1.84. The number of hydrogen-bond acceptors (Lipinski definition) is 4. The van der Waals surface area contributed by atoms with Crippen molar-refractivity contribution in [3.05, 3.63) is 53.6 Å². The van der Waals surface area contributed by atoms with Gasteiger partial charge in [0.2, 0.25) is 0 Å². The molecule has 1 amide bonds. The van der Waals surface area contributed by atoms with E-state index in [9.17, 15) is 9.59 Å². The van der Waals surface area contributed by atoms with E-state index in [1.54, 1.807) is 12.1 Å². The van der Waals surface area contributed by atoms with Crippen LogP contribution in [0.15, 0.2) is 48.5 Å². The fourth-order valence-corrected chi connectivity index (χ4v) is 2.41. The summed E-state index contributed by atoms with van der Waals surface area (Å²) < 4.78 is 10.3. The van der Waals surface area contributed by atoms with Gasteiger partial charge < -0.3 is 14.8 Å². The molecule has 1 N–H and O–H groups in total. The molecular weight excluding hydrogens is 354 g/mol. The van der Waals surface area contributed by atoms with Crippen LogP contribution in [-0.4, -0.2) is 31.1 Å². The molecule has 0 fully saturated rings. The topological polar surface area (TPSA) is 64.6 Å². The molecule has 6 heteroatoms. The van der Waals surface area contributed by atoms with Crippen molar-refractivity contribution in [2.24, 2.45) is 0 Å². The Morgan fingerprint density at radius 1 is 1.08 bits per heavy atom. The first kappa shape index (κ1) is 19.8. The number of nitrogens with one attached hydrogen (secondary N) is 1. The second-order valence-electron chi connectivity index (χ2n) is 5.84. The van der Waals surface area contributed by atoms with E-state index in [-0.39, 0.29) is 25.2 Å². The number of carbonyl (C=O) groups excluding carboxylic acids is 2. The normalized spacial score (nSPS) is 11.5. The van der Waals surface area contributed by atoms with Crippen molar-refractivity contribution in [3.63, 3.8) is 0 Å². The maximum Gasteiger partial charge on any atom is 0.344 e. The summed E-state index contributed by atoms with van der Waals surface area (Å²) >= 11 is 6.22. The molecular formula is C20H22ClNO4. The Kier molecular flexibility index (Phi) is 7.48. The first-order chi connectivity index (χ1) is 12.5. The van der Waals surface area contributed by atoms with Gasteiger partial charge in [-0.05, 0) is 36.6 Å². The average molecular weight is 376 g/mol. The molecule has 2 aromatic rings. The molecule has 0 aliphatic heterocycles. The van der Waals surface area contributed by atoms with Gasteiger partial charge >= 0.3 is 5.97 Å². The van der Waals surface area contributed by atoms with E-state index < -0.39 is 5.97 Å². The Morgan fingerprint density at radius 2 is 1.81 bits per heavy atom. The van der Waals surface area contributed by atoms with Gasteiger partial charge in [-0.25, -0.2) is 4.79 Å². The van der Waals surface area contributed by atoms with Crippen LogP contribution < -0.4 is 10.1 Å². The van der Waals surface area contributed by atoms with E-state index in [4.69, 9.17) is 21.1 Å². The van der Waals surface area contributed by atoms with Crippen molar-refractivity contribution >= 4 is 23.5 Å². The zero-order valence-corrected chi connectivity index (χ0v) is 15.6. The van der Waals surface area contributed by atoms with Crippen LogP contribution in [0.3, 0.4) is 0 Å². The molecule has 2 rings (SSSR count).